The van der Waals surface area contributed by atoms with Gasteiger partial charge in [0.25, 0.3) is 0 Å². The predicted molar refractivity (Wildman–Crippen MR) is 81.9 cm³/mol. The Morgan fingerprint density at radius 2 is 1.18 bits per heavy atom. The fourth-order valence-electron chi connectivity index (χ4n) is 2.17. The van der Waals surface area contributed by atoms with Crippen LogP contribution >= 0.6 is 24.4 Å². The van der Waals surface area contributed by atoms with E-state index < -0.39 is 11.4 Å². The van der Waals surface area contributed by atoms with Crippen molar-refractivity contribution in [2.75, 3.05) is 0 Å². The Morgan fingerprint density at radius 3 is 1.59 bits per heavy atom. The molecule has 0 unspecified atom stereocenters. The maximum Gasteiger partial charge on any atom is 0.325 e. The molecule has 0 saturated heterocycles. The van der Waals surface area contributed by atoms with Gasteiger partial charge < -0.3 is 0 Å². The van der Waals surface area contributed by atoms with Gasteiger partial charge in [-0.3, -0.25) is 19.9 Å². The summed E-state index contributed by atoms with van der Waals surface area (Å²) in [4.78, 5) is 41.6. The van der Waals surface area contributed by atoms with Gasteiger partial charge in [0, 0.05) is 0 Å². The van der Waals surface area contributed by atoms with Crippen molar-refractivity contribution in [3.63, 3.8) is 0 Å². The summed E-state index contributed by atoms with van der Waals surface area (Å²) in [6.07, 6.45) is 2.90. The quantitative estimate of drug-likeness (QED) is 0.367. The zero-order valence-electron chi connectivity index (χ0n) is 10.6. The highest BCUT2D eigenvalue weighted by Gasteiger charge is 2.12. The van der Waals surface area contributed by atoms with Gasteiger partial charge in [0.15, 0.2) is 11.3 Å². The fraction of sp³-hybridized carbons (Fsp3) is 0. The number of H-pyrrole nitrogens is 4. The lowest BCUT2D eigenvalue weighted by Gasteiger charge is -2.05. The smallest absolute Gasteiger partial charge is 0.296 e. The highest BCUT2D eigenvalue weighted by Crippen LogP contribution is 2.13. The number of hydrogen-bond donors (Lipinski definition) is 4. The molecule has 0 radical (unpaired) electrons. The van der Waals surface area contributed by atoms with E-state index in [9.17, 15) is 9.59 Å². The van der Waals surface area contributed by atoms with E-state index in [-0.39, 0.29) is 9.28 Å². The standard InChI is InChI=1S/C10H6N8O2S2/c19-9-13-5-3(7(21)15-9)11-1-17(5)18-2-12-4-6(18)14-10(20)16-8(4)22/h1-2H,(H2,13,15,19,21)(H2,14,16,20,22). The average molecular weight is 334 g/mol. The molecule has 4 rings (SSSR count). The van der Waals surface area contributed by atoms with E-state index in [0.717, 1.165) is 0 Å². The topological polar surface area (TPSA) is 133 Å². The molecule has 0 amide bonds. The molecule has 0 saturated carbocycles. The summed E-state index contributed by atoms with van der Waals surface area (Å²) < 4.78 is 3.43. The van der Waals surface area contributed by atoms with E-state index in [2.05, 4.69) is 29.9 Å². The molecular weight excluding hydrogens is 328 g/mol. The maximum atomic E-state index is 11.6. The summed E-state index contributed by atoms with van der Waals surface area (Å²) >= 11 is 10.1. The van der Waals surface area contributed by atoms with Crippen molar-refractivity contribution in [1.29, 1.82) is 0 Å². The molecule has 0 fully saturated rings. The second-order valence-corrected chi connectivity index (χ2v) is 5.21. The summed E-state index contributed by atoms with van der Waals surface area (Å²) in [7, 11) is 0. The molecule has 0 aliphatic carbocycles. The Kier molecular flexibility index (Phi) is 2.52. The predicted octanol–water partition coefficient (Wildman–Crippen LogP) is 0.189. The molecule has 12 heteroatoms. The van der Waals surface area contributed by atoms with Crippen LogP contribution in [0, 0.1) is 9.28 Å². The summed E-state index contributed by atoms with van der Waals surface area (Å²) in [6, 6.07) is 0. The van der Waals surface area contributed by atoms with Crippen LogP contribution in [0.2, 0.25) is 0 Å². The minimum Gasteiger partial charge on any atom is -0.296 e. The largest absolute Gasteiger partial charge is 0.325 e. The van der Waals surface area contributed by atoms with Crippen molar-refractivity contribution >= 4 is 46.8 Å². The molecule has 22 heavy (non-hydrogen) atoms. The van der Waals surface area contributed by atoms with Gasteiger partial charge in [-0.1, -0.05) is 24.4 Å². The van der Waals surface area contributed by atoms with E-state index in [1.807, 2.05) is 0 Å². The molecule has 0 atom stereocenters. The van der Waals surface area contributed by atoms with Gasteiger partial charge in [-0.25, -0.2) is 28.9 Å². The molecule has 0 spiro atoms. The number of nitrogens with zero attached hydrogens (tertiary/aromatic N) is 4. The van der Waals surface area contributed by atoms with Crippen LogP contribution in [0.25, 0.3) is 22.3 Å². The number of aromatic nitrogens is 8. The van der Waals surface area contributed by atoms with Gasteiger partial charge in [0.05, 0.1) is 0 Å². The van der Waals surface area contributed by atoms with E-state index in [0.29, 0.717) is 22.3 Å². The van der Waals surface area contributed by atoms with Crippen LogP contribution < -0.4 is 11.4 Å². The number of aromatic amines is 4. The van der Waals surface area contributed by atoms with E-state index >= 15 is 0 Å². The second-order valence-electron chi connectivity index (χ2n) is 4.39. The van der Waals surface area contributed by atoms with Gasteiger partial charge in [-0.15, -0.1) is 0 Å². The molecular formula is C10H6N8O2S2. The van der Waals surface area contributed by atoms with Crippen molar-refractivity contribution in [1.82, 2.24) is 39.3 Å². The number of hydrogen-bond acceptors (Lipinski definition) is 6. The van der Waals surface area contributed by atoms with Crippen molar-refractivity contribution in [2.24, 2.45) is 0 Å². The highest BCUT2D eigenvalue weighted by atomic mass is 32.1. The normalized spacial score (nSPS) is 11.5. The second kappa shape index (κ2) is 4.32. The van der Waals surface area contributed by atoms with Crippen molar-refractivity contribution in [3.8, 4) is 0 Å². The summed E-state index contributed by atoms with van der Waals surface area (Å²) in [5, 5.41) is 0. The Bertz CT molecular complexity index is 1170. The molecule has 4 heterocycles. The van der Waals surface area contributed by atoms with E-state index in [1.54, 1.807) is 0 Å². The monoisotopic (exact) mass is 334 g/mol. The fourth-order valence-corrected chi connectivity index (χ4v) is 2.66. The minimum absolute atomic E-state index is 0.215. The van der Waals surface area contributed by atoms with E-state index in [1.165, 1.54) is 22.0 Å². The zero-order valence-corrected chi connectivity index (χ0v) is 12.2. The Morgan fingerprint density at radius 1 is 0.773 bits per heavy atom. The lowest BCUT2D eigenvalue weighted by atomic mass is 10.5. The van der Waals surface area contributed by atoms with Crippen LogP contribution in [-0.2, 0) is 0 Å². The molecule has 4 N–H and O–H groups in total. The van der Waals surface area contributed by atoms with Gasteiger partial charge in [-0.2, -0.15) is 0 Å². The first kappa shape index (κ1) is 12.8. The molecule has 0 aliphatic heterocycles. The first-order chi connectivity index (χ1) is 10.5. The lowest BCUT2D eigenvalue weighted by molar-refractivity contribution is 0.685. The van der Waals surface area contributed by atoms with Crippen molar-refractivity contribution in [2.45, 2.75) is 0 Å². The van der Waals surface area contributed by atoms with Gasteiger partial charge in [0.1, 0.15) is 33.0 Å². The number of nitrogens with one attached hydrogen (secondary N) is 4. The molecule has 4 aromatic rings. The number of imidazole rings is 2. The third-order valence-electron chi connectivity index (χ3n) is 3.08. The van der Waals surface area contributed by atoms with Crippen LogP contribution in [0.5, 0.6) is 0 Å². The van der Waals surface area contributed by atoms with Crippen molar-refractivity contribution in [3.05, 3.63) is 42.9 Å². The van der Waals surface area contributed by atoms with Crippen LogP contribution in [0.15, 0.2) is 22.2 Å². The van der Waals surface area contributed by atoms with Gasteiger partial charge >= 0.3 is 11.4 Å². The Labute approximate surface area is 129 Å². The number of rotatable bonds is 1. The molecule has 4 aromatic heterocycles. The summed E-state index contributed by atoms with van der Waals surface area (Å²) in [6.45, 7) is 0. The third-order valence-corrected chi connectivity index (χ3v) is 3.67. The summed E-state index contributed by atoms with van der Waals surface area (Å²) in [5.74, 6) is 0. The third kappa shape index (κ3) is 1.71. The van der Waals surface area contributed by atoms with Crippen LogP contribution in [0.1, 0.15) is 0 Å². The van der Waals surface area contributed by atoms with Gasteiger partial charge in [-0.05, 0) is 0 Å². The molecule has 0 aromatic carbocycles. The zero-order chi connectivity index (χ0) is 15.4. The maximum absolute atomic E-state index is 11.6. The first-order valence-corrected chi connectivity index (χ1v) is 6.76. The average Bonchev–Trinajstić information content (AvgIpc) is 3.02. The van der Waals surface area contributed by atoms with Crippen LogP contribution in [-0.4, -0.2) is 39.3 Å². The first-order valence-electron chi connectivity index (χ1n) is 5.94. The van der Waals surface area contributed by atoms with E-state index in [4.69, 9.17) is 24.4 Å². The lowest BCUT2D eigenvalue weighted by Crippen LogP contribution is -2.17. The SMILES string of the molecule is O=c1[nH]c(=S)c2ncn(-n3cnc4c(=S)[nH]c(=O)[nH]c43)c2[nH]1. The molecule has 10 nitrogen and oxygen atoms in total. The van der Waals surface area contributed by atoms with Gasteiger partial charge in [0.2, 0.25) is 0 Å². The van der Waals surface area contributed by atoms with Crippen LogP contribution in [0.3, 0.4) is 0 Å². The van der Waals surface area contributed by atoms with Crippen LogP contribution in [0.4, 0.5) is 0 Å². The minimum atomic E-state index is -0.463. The Balaban J connectivity index is 2.17. The highest BCUT2D eigenvalue weighted by molar-refractivity contribution is 7.71. The molecule has 0 aliphatic rings. The summed E-state index contributed by atoms with van der Waals surface area (Å²) in [5.41, 5.74) is 0.643. The molecule has 110 valence electrons. The molecule has 0 bridgehead atoms. The van der Waals surface area contributed by atoms with Crippen molar-refractivity contribution < 1.29 is 0 Å². The number of fused-ring (bicyclic) bond motifs is 2. The Hall–Kier alpha value is -2.86.